The molecule has 0 heterocycles. The van der Waals surface area contributed by atoms with Gasteiger partial charge in [-0.25, -0.2) is 8.78 Å². The Hall–Kier alpha value is -0.180. The van der Waals surface area contributed by atoms with Gasteiger partial charge in [0.05, 0.1) is 6.61 Å². The molecule has 0 N–H and O–H groups in total. The average molecular weight is 192 g/mol. The molecule has 0 bridgehead atoms. The highest BCUT2D eigenvalue weighted by molar-refractivity contribution is 4.87. The van der Waals surface area contributed by atoms with Crippen LogP contribution >= 0.6 is 0 Å². The second-order valence-corrected chi connectivity index (χ2v) is 4.07. The number of methoxy groups -OCH3 is 1. The topological polar surface area (TPSA) is 9.23 Å². The standard InChI is InChI=1S/C10H18F2O/c1-13-8-10(6-3-7-10)5-2-4-9(11)12/h9H,2-8H2,1H3. The van der Waals surface area contributed by atoms with Gasteiger partial charge in [-0.1, -0.05) is 6.42 Å². The zero-order valence-corrected chi connectivity index (χ0v) is 8.19. The Kier molecular flexibility index (Phi) is 4.10. The zero-order chi connectivity index (χ0) is 9.73. The summed E-state index contributed by atoms with van der Waals surface area (Å²) in [6.07, 6.45) is 3.00. The highest BCUT2D eigenvalue weighted by Gasteiger charge is 2.36. The molecule has 0 radical (unpaired) electrons. The Bertz CT molecular complexity index is 144. The van der Waals surface area contributed by atoms with Crippen LogP contribution in [0.25, 0.3) is 0 Å². The maximum atomic E-state index is 11.9. The van der Waals surface area contributed by atoms with Gasteiger partial charge < -0.3 is 4.74 Å². The van der Waals surface area contributed by atoms with Crippen molar-refractivity contribution < 1.29 is 13.5 Å². The quantitative estimate of drug-likeness (QED) is 0.627. The van der Waals surface area contributed by atoms with Crippen molar-refractivity contribution >= 4 is 0 Å². The van der Waals surface area contributed by atoms with Crippen LogP contribution in [0.4, 0.5) is 8.78 Å². The molecule has 0 unspecified atom stereocenters. The summed E-state index contributed by atoms with van der Waals surface area (Å²) in [6.45, 7) is 0.746. The summed E-state index contributed by atoms with van der Waals surface area (Å²) in [6, 6.07) is 0. The van der Waals surface area contributed by atoms with E-state index in [1.807, 2.05) is 0 Å². The van der Waals surface area contributed by atoms with E-state index in [2.05, 4.69) is 0 Å². The van der Waals surface area contributed by atoms with Crippen LogP contribution in [-0.2, 0) is 4.74 Å². The van der Waals surface area contributed by atoms with Crippen molar-refractivity contribution in [1.82, 2.24) is 0 Å². The molecule has 0 aliphatic heterocycles. The third-order valence-corrected chi connectivity index (χ3v) is 2.99. The number of ether oxygens (including phenoxy) is 1. The molecule has 0 aromatic heterocycles. The van der Waals surface area contributed by atoms with E-state index < -0.39 is 6.43 Å². The van der Waals surface area contributed by atoms with Crippen LogP contribution in [0.2, 0.25) is 0 Å². The lowest BCUT2D eigenvalue weighted by Gasteiger charge is -2.41. The van der Waals surface area contributed by atoms with Gasteiger partial charge in [0.15, 0.2) is 0 Å². The highest BCUT2D eigenvalue weighted by Crippen LogP contribution is 2.45. The van der Waals surface area contributed by atoms with Gasteiger partial charge in [-0.2, -0.15) is 0 Å². The lowest BCUT2D eigenvalue weighted by molar-refractivity contribution is 0.00468. The number of hydrogen-bond donors (Lipinski definition) is 0. The van der Waals surface area contributed by atoms with Crippen molar-refractivity contribution in [2.24, 2.45) is 5.41 Å². The summed E-state index contributed by atoms with van der Waals surface area (Å²) in [7, 11) is 1.69. The molecule has 1 aliphatic carbocycles. The molecule has 1 rings (SSSR count). The predicted octanol–water partition coefficient (Wildman–Crippen LogP) is 3.24. The molecular weight excluding hydrogens is 174 g/mol. The van der Waals surface area contributed by atoms with Crippen LogP contribution in [0.3, 0.4) is 0 Å². The van der Waals surface area contributed by atoms with Gasteiger partial charge in [0.2, 0.25) is 6.43 Å². The predicted molar refractivity (Wildman–Crippen MR) is 48.0 cm³/mol. The summed E-state index contributed by atoms with van der Waals surface area (Å²) >= 11 is 0. The van der Waals surface area contributed by atoms with Crippen molar-refractivity contribution in [2.75, 3.05) is 13.7 Å². The zero-order valence-electron chi connectivity index (χ0n) is 8.19. The van der Waals surface area contributed by atoms with Crippen molar-refractivity contribution in [2.45, 2.75) is 45.0 Å². The molecule has 0 atom stereocenters. The van der Waals surface area contributed by atoms with Gasteiger partial charge >= 0.3 is 0 Å². The Morgan fingerprint density at radius 2 is 2.08 bits per heavy atom. The third kappa shape index (κ3) is 3.22. The largest absolute Gasteiger partial charge is 0.384 e. The minimum Gasteiger partial charge on any atom is -0.384 e. The number of hydrogen-bond acceptors (Lipinski definition) is 1. The van der Waals surface area contributed by atoms with Gasteiger partial charge in [0, 0.05) is 13.5 Å². The fourth-order valence-corrected chi connectivity index (χ4v) is 2.08. The highest BCUT2D eigenvalue weighted by atomic mass is 19.3. The van der Waals surface area contributed by atoms with E-state index in [0.717, 1.165) is 25.9 Å². The summed E-state index contributed by atoms with van der Waals surface area (Å²) in [5, 5.41) is 0. The second kappa shape index (κ2) is 4.89. The van der Waals surface area contributed by atoms with Crippen LogP contribution < -0.4 is 0 Å². The van der Waals surface area contributed by atoms with E-state index in [1.54, 1.807) is 7.11 Å². The molecule has 13 heavy (non-hydrogen) atoms. The van der Waals surface area contributed by atoms with E-state index >= 15 is 0 Å². The van der Waals surface area contributed by atoms with Crippen molar-refractivity contribution in [3.8, 4) is 0 Å². The molecule has 78 valence electrons. The molecule has 0 saturated heterocycles. The van der Waals surface area contributed by atoms with Crippen molar-refractivity contribution in [1.29, 1.82) is 0 Å². The molecule has 0 amide bonds. The summed E-state index contributed by atoms with van der Waals surface area (Å²) < 4.78 is 28.9. The first kappa shape index (κ1) is 10.9. The summed E-state index contributed by atoms with van der Waals surface area (Å²) in [4.78, 5) is 0. The molecule has 1 nitrogen and oxygen atoms in total. The monoisotopic (exact) mass is 192 g/mol. The fraction of sp³-hybridized carbons (Fsp3) is 1.00. The van der Waals surface area contributed by atoms with E-state index in [9.17, 15) is 8.78 Å². The smallest absolute Gasteiger partial charge is 0.238 e. The lowest BCUT2D eigenvalue weighted by Crippen LogP contribution is -2.34. The van der Waals surface area contributed by atoms with E-state index in [4.69, 9.17) is 4.74 Å². The van der Waals surface area contributed by atoms with Crippen LogP contribution in [-0.4, -0.2) is 20.1 Å². The maximum absolute atomic E-state index is 11.9. The molecular formula is C10H18F2O. The average Bonchev–Trinajstić information content (AvgIpc) is 1.99. The minimum absolute atomic E-state index is 0.0471. The van der Waals surface area contributed by atoms with Gasteiger partial charge in [-0.3, -0.25) is 0 Å². The van der Waals surface area contributed by atoms with E-state index in [-0.39, 0.29) is 11.8 Å². The third-order valence-electron chi connectivity index (χ3n) is 2.99. The van der Waals surface area contributed by atoms with Gasteiger partial charge in [0.25, 0.3) is 0 Å². The normalized spacial score (nSPS) is 20.3. The fourth-order valence-electron chi connectivity index (χ4n) is 2.08. The first-order valence-corrected chi connectivity index (χ1v) is 4.96. The van der Waals surface area contributed by atoms with Crippen LogP contribution in [0.5, 0.6) is 0 Å². The maximum Gasteiger partial charge on any atom is 0.238 e. The number of halogens is 2. The molecule has 1 saturated carbocycles. The lowest BCUT2D eigenvalue weighted by atomic mass is 9.66. The second-order valence-electron chi connectivity index (χ2n) is 4.07. The number of alkyl halides is 2. The summed E-state index contributed by atoms with van der Waals surface area (Å²) in [5.74, 6) is 0. The van der Waals surface area contributed by atoms with E-state index in [1.165, 1.54) is 6.42 Å². The first-order valence-electron chi connectivity index (χ1n) is 4.96. The van der Waals surface area contributed by atoms with Gasteiger partial charge in [-0.05, 0) is 31.1 Å². The van der Waals surface area contributed by atoms with Crippen LogP contribution in [0.15, 0.2) is 0 Å². The molecule has 0 aromatic carbocycles. The Balaban J connectivity index is 2.16. The Morgan fingerprint density at radius 1 is 1.38 bits per heavy atom. The molecule has 0 aromatic rings. The molecule has 0 spiro atoms. The van der Waals surface area contributed by atoms with Crippen LogP contribution in [0, 0.1) is 5.41 Å². The first-order chi connectivity index (χ1) is 6.18. The van der Waals surface area contributed by atoms with Crippen LogP contribution in [0.1, 0.15) is 38.5 Å². The van der Waals surface area contributed by atoms with Crippen molar-refractivity contribution in [3.05, 3.63) is 0 Å². The Labute approximate surface area is 78.5 Å². The minimum atomic E-state index is -2.14. The van der Waals surface area contributed by atoms with E-state index in [0.29, 0.717) is 6.42 Å². The molecule has 3 heteroatoms. The van der Waals surface area contributed by atoms with Gasteiger partial charge in [-0.15, -0.1) is 0 Å². The molecule has 1 fully saturated rings. The molecule has 1 aliphatic rings. The van der Waals surface area contributed by atoms with Crippen molar-refractivity contribution in [3.63, 3.8) is 0 Å². The van der Waals surface area contributed by atoms with Gasteiger partial charge in [0.1, 0.15) is 0 Å². The SMILES string of the molecule is COCC1(CCCC(F)F)CCC1. The summed E-state index contributed by atoms with van der Waals surface area (Å²) in [5.41, 5.74) is 0.254. The number of rotatable bonds is 6. The Morgan fingerprint density at radius 3 is 2.46 bits per heavy atom.